The van der Waals surface area contributed by atoms with Gasteiger partial charge in [0, 0.05) is 17.2 Å². The van der Waals surface area contributed by atoms with E-state index in [9.17, 15) is 10.1 Å². The predicted molar refractivity (Wildman–Crippen MR) is 98.7 cm³/mol. The van der Waals surface area contributed by atoms with Crippen LogP contribution in [0, 0.1) is 21.8 Å². The van der Waals surface area contributed by atoms with Crippen molar-refractivity contribution in [1.82, 2.24) is 14.9 Å². The molecular weight excluding hydrogens is 362 g/mol. The number of nitro groups is 1. The second kappa shape index (κ2) is 6.96. The van der Waals surface area contributed by atoms with Gasteiger partial charge < -0.3 is 0 Å². The van der Waals surface area contributed by atoms with Crippen molar-refractivity contribution in [1.29, 1.82) is 0 Å². The lowest BCUT2D eigenvalue weighted by molar-refractivity contribution is -0.384. The fraction of sp³-hybridized carbons (Fsp3) is 0.0625. The molecule has 0 aliphatic rings. The summed E-state index contributed by atoms with van der Waals surface area (Å²) in [4.78, 5) is 10.4. The summed E-state index contributed by atoms with van der Waals surface area (Å²) in [5.41, 5.74) is 2.27. The van der Waals surface area contributed by atoms with Gasteiger partial charge in [-0.1, -0.05) is 41.4 Å². The largest absolute Gasteiger partial charge is 0.288 e. The number of hydrogen-bond donors (Lipinski definition) is 1. The first kappa shape index (κ1) is 17.0. The van der Waals surface area contributed by atoms with Crippen molar-refractivity contribution in [3.8, 4) is 11.4 Å². The average molecular weight is 374 g/mol. The van der Waals surface area contributed by atoms with Crippen molar-refractivity contribution < 1.29 is 4.92 Å². The predicted octanol–water partition coefficient (Wildman–Crippen LogP) is 4.36. The van der Waals surface area contributed by atoms with Crippen LogP contribution in [-0.2, 0) is 0 Å². The Labute approximate surface area is 152 Å². The minimum absolute atomic E-state index is 0.0718. The second-order valence-electron chi connectivity index (χ2n) is 5.25. The van der Waals surface area contributed by atoms with E-state index < -0.39 is 4.92 Å². The molecule has 0 fully saturated rings. The number of nitro benzene ring substituents is 1. The number of aryl methyl sites for hydroxylation is 1. The molecule has 3 rings (SSSR count). The molecule has 0 radical (unpaired) electrons. The third kappa shape index (κ3) is 3.65. The molecule has 0 aliphatic carbocycles. The Balaban J connectivity index is 2.00. The van der Waals surface area contributed by atoms with Gasteiger partial charge in [-0.25, -0.2) is 5.10 Å². The monoisotopic (exact) mass is 373 g/mol. The minimum Gasteiger partial charge on any atom is -0.258 e. The van der Waals surface area contributed by atoms with E-state index in [-0.39, 0.29) is 10.7 Å². The molecule has 9 heteroatoms. The molecule has 0 aliphatic heterocycles. The number of nitrogens with zero attached hydrogens (tertiary/aromatic N) is 4. The topological polar surface area (TPSA) is 89.1 Å². The lowest BCUT2D eigenvalue weighted by Crippen LogP contribution is -1.96. The molecular formula is C16H12ClN5O2S. The molecule has 1 aromatic heterocycles. The van der Waals surface area contributed by atoms with Crippen LogP contribution in [0.5, 0.6) is 0 Å². The summed E-state index contributed by atoms with van der Waals surface area (Å²) in [6.45, 7) is 1.98. The van der Waals surface area contributed by atoms with Crippen LogP contribution in [0.25, 0.3) is 11.4 Å². The third-order valence-corrected chi connectivity index (χ3v) is 4.00. The molecule has 126 valence electrons. The lowest BCUT2D eigenvalue weighted by Gasteiger charge is -2.02. The van der Waals surface area contributed by atoms with E-state index in [2.05, 4.69) is 15.3 Å². The molecule has 0 bridgehead atoms. The van der Waals surface area contributed by atoms with Crippen LogP contribution in [0.1, 0.15) is 11.1 Å². The number of H-pyrrole nitrogens is 1. The van der Waals surface area contributed by atoms with Crippen molar-refractivity contribution >= 4 is 35.7 Å². The van der Waals surface area contributed by atoms with Gasteiger partial charge in [-0.05, 0) is 31.3 Å². The fourth-order valence-electron chi connectivity index (χ4n) is 2.24. The van der Waals surface area contributed by atoms with Crippen LogP contribution in [0.3, 0.4) is 0 Å². The van der Waals surface area contributed by atoms with Gasteiger partial charge >= 0.3 is 0 Å². The molecule has 1 N–H and O–H groups in total. The van der Waals surface area contributed by atoms with Gasteiger partial charge in [-0.3, -0.25) is 10.1 Å². The Hall–Kier alpha value is -2.84. The number of rotatable bonds is 4. The highest BCUT2D eigenvalue weighted by Gasteiger charge is 2.12. The number of hydrogen-bond acceptors (Lipinski definition) is 5. The van der Waals surface area contributed by atoms with Gasteiger partial charge in [0.25, 0.3) is 5.69 Å². The Morgan fingerprint density at radius 1 is 1.36 bits per heavy atom. The van der Waals surface area contributed by atoms with Crippen LogP contribution in [0.15, 0.2) is 47.6 Å². The molecule has 25 heavy (non-hydrogen) atoms. The highest BCUT2D eigenvalue weighted by atomic mass is 35.5. The van der Waals surface area contributed by atoms with Crippen LogP contribution in [0.2, 0.25) is 5.02 Å². The molecule has 0 atom stereocenters. The van der Waals surface area contributed by atoms with Gasteiger partial charge in [0.15, 0.2) is 5.82 Å². The first-order chi connectivity index (χ1) is 12.0. The minimum atomic E-state index is -0.540. The smallest absolute Gasteiger partial charge is 0.258 e. The Morgan fingerprint density at radius 2 is 2.16 bits per heavy atom. The zero-order valence-corrected chi connectivity index (χ0v) is 14.6. The molecule has 1 heterocycles. The number of halogens is 1. The van der Waals surface area contributed by atoms with Crippen LogP contribution in [0.4, 0.5) is 5.69 Å². The molecule has 0 saturated carbocycles. The average Bonchev–Trinajstić information content (AvgIpc) is 2.94. The highest BCUT2D eigenvalue weighted by Crippen LogP contribution is 2.24. The van der Waals surface area contributed by atoms with E-state index in [1.807, 2.05) is 31.2 Å². The van der Waals surface area contributed by atoms with Crippen LogP contribution in [-0.4, -0.2) is 26.0 Å². The van der Waals surface area contributed by atoms with E-state index in [0.29, 0.717) is 16.2 Å². The summed E-state index contributed by atoms with van der Waals surface area (Å²) >= 11 is 11.0. The van der Waals surface area contributed by atoms with Gasteiger partial charge in [0.05, 0.1) is 11.1 Å². The van der Waals surface area contributed by atoms with E-state index in [0.717, 1.165) is 11.1 Å². The summed E-state index contributed by atoms with van der Waals surface area (Å²) < 4.78 is 1.78. The van der Waals surface area contributed by atoms with Crippen LogP contribution < -0.4 is 0 Å². The zero-order chi connectivity index (χ0) is 18.0. The molecule has 0 amide bonds. The van der Waals surface area contributed by atoms with E-state index >= 15 is 0 Å². The molecule has 0 spiro atoms. The van der Waals surface area contributed by atoms with Gasteiger partial charge in [0.1, 0.15) is 5.02 Å². The van der Waals surface area contributed by atoms with Crippen molar-refractivity contribution in [3.05, 3.63) is 73.5 Å². The van der Waals surface area contributed by atoms with Crippen molar-refractivity contribution in [2.45, 2.75) is 6.92 Å². The van der Waals surface area contributed by atoms with E-state index in [4.69, 9.17) is 23.8 Å². The summed E-state index contributed by atoms with van der Waals surface area (Å²) in [5, 5.41) is 22.2. The standard InChI is InChI=1S/C16H12ClN5O2S/c1-10-3-2-4-12(7-10)15-19-20-16(25)21(15)18-9-11-5-6-13(17)14(8-11)22(23)24/h2-9H,1H3,(H,20,25). The second-order valence-corrected chi connectivity index (χ2v) is 6.04. The number of aromatic amines is 1. The molecule has 7 nitrogen and oxygen atoms in total. The van der Waals surface area contributed by atoms with E-state index in [1.54, 1.807) is 6.07 Å². The SMILES string of the molecule is Cc1cccc(-c2n[nH]c(=S)n2N=Cc2ccc(Cl)c([N+](=O)[O-])c2)c1. The number of aromatic nitrogens is 3. The van der Waals surface area contributed by atoms with Crippen molar-refractivity contribution in [2.75, 3.05) is 0 Å². The molecule has 0 unspecified atom stereocenters. The normalized spacial score (nSPS) is 11.1. The van der Waals surface area contributed by atoms with Gasteiger partial charge in [-0.15, -0.1) is 0 Å². The summed E-state index contributed by atoms with van der Waals surface area (Å²) in [7, 11) is 0. The Morgan fingerprint density at radius 3 is 2.88 bits per heavy atom. The zero-order valence-electron chi connectivity index (χ0n) is 13.0. The molecule has 2 aromatic carbocycles. The quantitative estimate of drug-likeness (QED) is 0.318. The fourth-order valence-corrected chi connectivity index (χ4v) is 2.61. The third-order valence-electron chi connectivity index (χ3n) is 3.42. The molecule has 0 saturated heterocycles. The first-order valence-corrected chi connectivity index (χ1v) is 7.97. The maximum Gasteiger partial charge on any atom is 0.288 e. The molecule has 3 aromatic rings. The van der Waals surface area contributed by atoms with Crippen molar-refractivity contribution in [3.63, 3.8) is 0 Å². The first-order valence-electron chi connectivity index (χ1n) is 7.18. The maximum atomic E-state index is 11.0. The van der Waals surface area contributed by atoms with Gasteiger partial charge in [-0.2, -0.15) is 14.9 Å². The summed E-state index contributed by atoms with van der Waals surface area (Å²) in [5.74, 6) is 0.549. The lowest BCUT2D eigenvalue weighted by atomic mass is 10.1. The Bertz CT molecular complexity index is 1040. The summed E-state index contributed by atoms with van der Waals surface area (Å²) in [6, 6.07) is 12.2. The maximum absolute atomic E-state index is 11.0. The van der Waals surface area contributed by atoms with Crippen LogP contribution >= 0.6 is 23.8 Å². The number of benzene rings is 2. The highest BCUT2D eigenvalue weighted by molar-refractivity contribution is 7.71. The van der Waals surface area contributed by atoms with E-state index in [1.165, 1.54) is 23.0 Å². The van der Waals surface area contributed by atoms with Gasteiger partial charge in [0.2, 0.25) is 4.77 Å². The summed E-state index contributed by atoms with van der Waals surface area (Å²) in [6.07, 6.45) is 1.47. The van der Waals surface area contributed by atoms with Crippen molar-refractivity contribution in [2.24, 2.45) is 5.10 Å². The Kier molecular flexibility index (Phi) is 4.73. The number of nitrogens with one attached hydrogen (secondary N) is 1.